The molecule has 0 fully saturated rings. The first-order valence-electron chi connectivity index (χ1n) is 7.08. The van der Waals surface area contributed by atoms with Gasteiger partial charge in [-0.3, -0.25) is 4.79 Å². The van der Waals surface area contributed by atoms with Gasteiger partial charge in [0, 0.05) is 17.0 Å². The van der Waals surface area contributed by atoms with E-state index in [-0.39, 0.29) is 5.43 Å². The zero-order valence-corrected chi connectivity index (χ0v) is 16.3. The van der Waals surface area contributed by atoms with Crippen LogP contribution in [0.15, 0.2) is 39.5 Å². The summed E-state index contributed by atoms with van der Waals surface area (Å²) in [4.78, 5) is 12.1. The molecule has 0 atom stereocenters. The minimum Gasteiger partial charge on any atom is -0.493 e. The van der Waals surface area contributed by atoms with Crippen LogP contribution in [0.2, 0.25) is 0 Å². The monoisotopic (exact) mass is 520 g/mol. The summed E-state index contributed by atoms with van der Waals surface area (Å²) in [7, 11) is 0. The smallest absolute Gasteiger partial charge is 0.209 e. The molecule has 0 N–H and O–H groups in total. The molecule has 3 rings (SSSR count). The molecule has 0 saturated heterocycles. The molecule has 0 radical (unpaired) electrons. The summed E-state index contributed by atoms with van der Waals surface area (Å²) in [6.45, 7) is 2.84. The van der Waals surface area contributed by atoms with Crippen molar-refractivity contribution < 1.29 is 9.15 Å². The van der Waals surface area contributed by atoms with Crippen LogP contribution < -0.4 is 10.2 Å². The first kappa shape index (κ1) is 16.0. The maximum absolute atomic E-state index is 12.1. The quantitative estimate of drug-likeness (QED) is 0.267. The SMILES string of the molecule is CCCCOc1ccc2cc3cc(I)c(=O)c(I)c-3oc2c1. The molecule has 0 unspecified atom stereocenters. The molecular formula is C17H14I2O3. The Bertz CT molecular complexity index is 855. The molecule has 0 amide bonds. The van der Waals surface area contributed by atoms with E-state index in [1.165, 1.54) is 0 Å². The Morgan fingerprint density at radius 3 is 2.77 bits per heavy atom. The van der Waals surface area contributed by atoms with E-state index in [0.29, 0.717) is 19.5 Å². The zero-order valence-electron chi connectivity index (χ0n) is 12.0. The predicted octanol–water partition coefficient (Wildman–Crippen LogP) is 5.29. The Morgan fingerprint density at radius 1 is 1.18 bits per heavy atom. The van der Waals surface area contributed by atoms with Crippen molar-refractivity contribution in [2.75, 3.05) is 6.61 Å². The number of benzene rings is 2. The second-order valence-electron chi connectivity index (χ2n) is 5.07. The summed E-state index contributed by atoms with van der Waals surface area (Å²) >= 11 is 4.12. The Hall–Kier alpha value is -0.830. The van der Waals surface area contributed by atoms with Crippen LogP contribution in [0.5, 0.6) is 5.75 Å². The standard InChI is InChI=1S/C17H14I2O3/c1-2-3-6-21-12-5-4-10-7-11-8-13(18)16(20)15(19)17(11)22-14(10)9-12/h4-5,7-9H,2-3,6H2,1H3. The summed E-state index contributed by atoms with van der Waals surface area (Å²) in [6, 6.07) is 9.76. The highest BCUT2D eigenvalue weighted by molar-refractivity contribution is 14.1. The number of fused-ring (bicyclic) bond motifs is 2. The molecular weight excluding hydrogens is 506 g/mol. The van der Waals surface area contributed by atoms with Crippen LogP contribution in [-0.2, 0) is 0 Å². The van der Waals surface area contributed by atoms with Crippen molar-refractivity contribution in [1.82, 2.24) is 0 Å². The van der Waals surface area contributed by atoms with E-state index in [1.807, 2.05) is 30.3 Å². The van der Waals surface area contributed by atoms with E-state index in [4.69, 9.17) is 9.15 Å². The predicted molar refractivity (Wildman–Crippen MR) is 105 cm³/mol. The molecule has 22 heavy (non-hydrogen) atoms. The van der Waals surface area contributed by atoms with Crippen molar-refractivity contribution in [2.24, 2.45) is 0 Å². The average molecular weight is 520 g/mol. The maximum Gasteiger partial charge on any atom is 0.209 e. The highest BCUT2D eigenvalue weighted by Gasteiger charge is 2.16. The molecule has 0 saturated carbocycles. The normalized spacial score (nSPS) is 11.2. The molecule has 2 aliphatic rings. The lowest BCUT2D eigenvalue weighted by Gasteiger charge is -2.11. The third-order valence-corrected chi connectivity index (χ3v) is 5.22. The van der Waals surface area contributed by atoms with Gasteiger partial charge in [-0.1, -0.05) is 13.3 Å². The fourth-order valence-electron chi connectivity index (χ4n) is 2.24. The Labute approximate surface area is 155 Å². The van der Waals surface area contributed by atoms with Gasteiger partial charge in [0.25, 0.3) is 0 Å². The van der Waals surface area contributed by atoms with Crippen LogP contribution >= 0.6 is 45.2 Å². The van der Waals surface area contributed by atoms with Crippen LogP contribution in [-0.4, -0.2) is 6.61 Å². The molecule has 0 bridgehead atoms. The fourth-order valence-corrected chi connectivity index (χ4v) is 4.07. The third kappa shape index (κ3) is 3.10. The molecule has 1 aromatic rings. The zero-order chi connectivity index (χ0) is 15.7. The van der Waals surface area contributed by atoms with Gasteiger partial charge < -0.3 is 9.15 Å². The van der Waals surface area contributed by atoms with Gasteiger partial charge in [0.1, 0.15) is 14.9 Å². The van der Waals surface area contributed by atoms with E-state index >= 15 is 0 Å². The van der Waals surface area contributed by atoms with Crippen LogP contribution in [0.3, 0.4) is 0 Å². The first-order chi connectivity index (χ1) is 10.6. The summed E-state index contributed by atoms with van der Waals surface area (Å²) < 4.78 is 13.0. The minimum absolute atomic E-state index is 0.0205. The first-order valence-corrected chi connectivity index (χ1v) is 9.24. The molecule has 1 aliphatic heterocycles. The highest BCUT2D eigenvalue weighted by atomic mass is 127. The van der Waals surface area contributed by atoms with Gasteiger partial charge in [0.05, 0.1) is 10.2 Å². The Balaban J connectivity index is 2.11. The fraction of sp³-hybridized carbons (Fsp3) is 0.235. The highest BCUT2D eigenvalue weighted by Crippen LogP contribution is 2.33. The lowest BCUT2D eigenvalue weighted by Crippen LogP contribution is -2.11. The number of rotatable bonds is 4. The van der Waals surface area contributed by atoms with E-state index < -0.39 is 0 Å². The summed E-state index contributed by atoms with van der Waals surface area (Å²) in [5.74, 6) is 1.44. The molecule has 0 spiro atoms. The number of halogens is 2. The van der Waals surface area contributed by atoms with Crippen molar-refractivity contribution in [1.29, 1.82) is 0 Å². The lowest BCUT2D eigenvalue weighted by atomic mass is 10.1. The van der Waals surface area contributed by atoms with Crippen LogP contribution in [0.4, 0.5) is 0 Å². The number of hydrogen-bond donors (Lipinski definition) is 0. The van der Waals surface area contributed by atoms with E-state index in [1.54, 1.807) is 0 Å². The molecule has 114 valence electrons. The molecule has 0 aromatic heterocycles. The van der Waals surface area contributed by atoms with Gasteiger partial charge in [0.2, 0.25) is 5.43 Å². The average Bonchev–Trinajstić information content (AvgIpc) is 2.52. The maximum atomic E-state index is 12.1. The van der Waals surface area contributed by atoms with E-state index in [9.17, 15) is 4.79 Å². The van der Waals surface area contributed by atoms with Crippen molar-refractivity contribution in [3.8, 4) is 17.1 Å². The molecule has 1 aliphatic carbocycles. The van der Waals surface area contributed by atoms with Crippen molar-refractivity contribution in [2.45, 2.75) is 19.8 Å². The number of unbranched alkanes of at least 4 members (excludes halogenated alkanes) is 1. The Kier molecular flexibility index (Phi) is 4.91. The number of ether oxygens (including phenoxy) is 1. The largest absolute Gasteiger partial charge is 0.493 e. The number of hydrogen-bond acceptors (Lipinski definition) is 3. The van der Waals surface area contributed by atoms with E-state index in [0.717, 1.165) is 35.1 Å². The van der Waals surface area contributed by atoms with Crippen LogP contribution in [0.25, 0.3) is 22.3 Å². The Morgan fingerprint density at radius 2 is 2.00 bits per heavy atom. The molecule has 3 nitrogen and oxygen atoms in total. The van der Waals surface area contributed by atoms with Gasteiger partial charge in [-0.2, -0.15) is 0 Å². The van der Waals surface area contributed by atoms with Gasteiger partial charge >= 0.3 is 0 Å². The third-order valence-electron chi connectivity index (χ3n) is 3.43. The summed E-state index contributed by atoms with van der Waals surface area (Å²) in [5.41, 5.74) is 1.70. The topological polar surface area (TPSA) is 39.4 Å². The van der Waals surface area contributed by atoms with E-state index in [2.05, 4.69) is 52.1 Å². The van der Waals surface area contributed by atoms with Crippen molar-refractivity contribution in [3.63, 3.8) is 0 Å². The summed E-state index contributed by atoms with van der Waals surface area (Å²) in [6.07, 6.45) is 2.13. The second kappa shape index (κ2) is 6.74. The van der Waals surface area contributed by atoms with Crippen molar-refractivity contribution in [3.05, 3.63) is 47.7 Å². The van der Waals surface area contributed by atoms with Gasteiger partial charge in [-0.25, -0.2) is 0 Å². The van der Waals surface area contributed by atoms with Crippen LogP contribution in [0.1, 0.15) is 19.8 Å². The van der Waals surface area contributed by atoms with Crippen molar-refractivity contribution >= 4 is 56.2 Å². The molecule has 5 heteroatoms. The molecule has 1 aromatic carbocycles. The molecule has 1 heterocycles. The lowest BCUT2D eigenvalue weighted by molar-refractivity contribution is 0.309. The second-order valence-corrected chi connectivity index (χ2v) is 7.31. The van der Waals surface area contributed by atoms with Gasteiger partial charge in [-0.05, 0) is 75.9 Å². The minimum atomic E-state index is 0.0205. The summed E-state index contributed by atoms with van der Waals surface area (Å²) in [5, 5.41) is 1.00. The van der Waals surface area contributed by atoms with Gasteiger partial charge in [0.15, 0.2) is 5.76 Å². The van der Waals surface area contributed by atoms with Crippen LogP contribution in [0, 0.1) is 7.14 Å². The van der Waals surface area contributed by atoms with Gasteiger partial charge in [-0.15, -0.1) is 0 Å².